The van der Waals surface area contributed by atoms with E-state index in [0.717, 1.165) is 22.4 Å². The molecule has 0 aromatic heterocycles. The quantitative estimate of drug-likeness (QED) is 0.661. The van der Waals surface area contributed by atoms with Crippen LogP contribution in [0.1, 0.15) is 16.7 Å². The Labute approximate surface area is 136 Å². The Balaban J connectivity index is 2.12. The zero-order chi connectivity index (χ0) is 16.8. The number of hydrogen-bond donors (Lipinski definition) is 2. The van der Waals surface area contributed by atoms with Crippen molar-refractivity contribution in [2.45, 2.75) is 20.8 Å². The van der Waals surface area contributed by atoms with Gasteiger partial charge in [0.25, 0.3) is 5.91 Å². The van der Waals surface area contributed by atoms with Crippen LogP contribution in [0.5, 0.6) is 0 Å². The monoisotopic (exact) mass is 305 g/mol. The van der Waals surface area contributed by atoms with E-state index in [9.17, 15) is 10.1 Å². The van der Waals surface area contributed by atoms with Crippen LogP contribution in [-0.2, 0) is 4.79 Å². The van der Waals surface area contributed by atoms with Gasteiger partial charge < -0.3 is 10.6 Å². The number of amides is 1. The summed E-state index contributed by atoms with van der Waals surface area (Å²) >= 11 is 0. The molecule has 0 bridgehead atoms. The van der Waals surface area contributed by atoms with E-state index in [2.05, 4.69) is 10.6 Å². The van der Waals surface area contributed by atoms with Crippen molar-refractivity contribution in [1.29, 1.82) is 5.26 Å². The second-order valence-corrected chi connectivity index (χ2v) is 5.45. The summed E-state index contributed by atoms with van der Waals surface area (Å²) in [5, 5.41) is 14.9. The number of hydrogen-bond acceptors (Lipinski definition) is 3. The van der Waals surface area contributed by atoms with E-state index >= 15 is 0 Å². The Kier molecular flexibility index (Phi) is 5.16. The maximum absolute atomic E-state index is 12.2. The van der Waals surface area contributed by atoms with Crippen molar-refractivity contribution in [2.24, 2.45) is 0 Å². The van der Waals surface area contributed by atoms with Crippen LogP contribution < -0.4 is 10.6 Å². The van der Waals surface area contributed by atoms with Crippen LogP contribution >= 0.6 is 0 Å². The van der Waals surface area contributed by atoms with Crippen molar-refractivity contribution in [3.8, 4) is 6.07 Å². The van der Waals surface area contributed by atoms with Gasteiger partial charge in [0.1, 0.15) is 11.6 Å². The van der Waals surface area contributed by atoms with Crippen molar-refractivity contribution in [2.75, 3.05) is 10.6 Å². The number of rotatable bonds is 4. The third-order valence-corrected chi connectivity index (χ3v) is 3.44. The molecule has 4 heteroatoms. The first-order chi connectivity index (χ1) is 11.0. The van der Waals surface area contributed by atoms with Gasteiger partial charge >= 0.3 is 0 Å². The van der Waals surface area contributed by atoms with Gasteiger partial charge in [-0.25, -0.2) is 0 Å². The lowest BCUT2D eigenvalue weighted by atomic mass is 10.1. The third kappa shape index (κ3) is 4.45. The van der Waals surface area contributed by atoms with Crippen LogP contribution in [-0.4, -0.2) is 5.91 Å². The van der Waals surface area contributed by atoms with E-state index in [1.807, 2.05) is 57.2 Å². The molecule has 0 atom stereocenters. The maximum atomic E-state index is 12.2. The zero-order valence-electron chi connectivity index (χ0n) is 13.5. The predicted octanol–water partition coefficient (Wildman–Crippen LogP) is 4.07. The fourth-order valence-corrected chi connectivity index (χ4v) is 2.03. The average Bonchev–Trinajstić information content (AvgIpc) is 2.53. The molecule has 0 heterocycles. The summed E-state index contributed by atoms with van der Waals surface area (Å²) in [6, 6.07) is 15.3. The van der Waals surface area contributed by atoms with Gasteiger partial charge in [0, 0.05) is 17.6 Å². The Morgan fingerprint density at radius 1 is 1.04 bits per heavy atom. The minimum atomic E-state index is -0.436. The molecule has 4 nitrogen and oxygen atoms in total. The lowest BCUT2D eigenvalue weighted by molar-refractivity contribution is -0.112. The molecule has 2 N–H and O–H groups in total. The van der Waals surface area contributed by atoms with Gasteiger partial charge in [-0.3, -0.25) is 4.79 Å². The molecule has 0 aliphatic carbocycles. The fraction of sp³-hybridized carbons (Fsp3) is 0.158. The second kappa shape index (κ2) is 7.28. The van der Waals surface area contributed by atoms with Gasteiger partial charge in [-0.1, -0.05) is 29.8 Å². The average molecular weight is 305 g/mol. The maximum Gasteiger partial charge on any atom is 0.267 e. The minimum Gasteiger partial charge on any atom is -0.360 e. The smallest absolute Gasteiger partial charge is 0.267 e. The standard InChI is InChI=1S/C19H19N3O/c1-13-5-8-17(9-6-13)22-19(23)16(11-20)12-21-18-10-14(2)4-7-15(18)3/h4-10,12,21H,1-3H3,(H,22,23)/b16-12-. The molecule has 2 rings (SSSR count). The number of aryl methyl sites for hydroxylation is 3. The summed E-state index contributed by atoms with van der Waals surface area (Å²) in [5.41, 5.74) is 4.81. The highest BCUT2D eigenvalue weighted by Crippen LogP contribution is 2.17. The summed E-state index contributed by atoms with van der Waals surface area (Å²) in [6.45, 7) is 5.93. The van der Waals surface area contributed by atoms with Gasteiger partial charge in [-0.05, 0) is 50.1 Å². The molecule has 116 valence electrons. The Morgan fingerprint density at radius 3 is 2.35 bits per heavy atom. The van der Waals surface area contributed by atoms with Gasteiger partial charge in [0.15, 0.2) is 0 Å². The van der Waals surface area contributed by atoms with Crippen molar-refractivity contribution in [3.63, 3.8) is 0 Å². The number of carbonyl (C=O) groups is 1. The molecule has 0 saturated carbocycles. The Hall–Kier alpha value is -3.06. The number of nitrogens with one attached hydrogen (secondary N) is 2. The lowest BCUT2D eigenvalue weighted by Gasteiger charge is -2.08. The SMILES string of the molecule is Cc1ccc(NC(=O)/C(C#N)=C\Nc2cc(C)ccc2C)cc1. The highest BCUT2D eigenvalue weighted by Gasteiger charge is 2.09. The van der Waals surface area contributed by atoms with E-state index < -0.39 is 5.91 Å². The van der Waals surface area contributed by atoms with E-state index in [-0.39, 0.29) is 5.57 Å². The van der Waals surface area contributed by atoms with Crippen LogP contribution in [0, 0.1) is 32.1 Å². The molecular formula is C19H19N3O. The van der Waals surface area contributed by atoms with Crippen LogP contribution in [0.25, 0.3) is 0 Å². The summed E-state index contributed by atoms with van der Waals surface area (Å²) < 4.78 is 0. The largest absolute Gasteiger partial charge is 0.360 e. The summed E-state index contributed by atoms with van der Waals surface area (Å²) in [7, 11) is 0. The third-order valence-electron chi connectivity index (χ3n) is 3.44. The van der Waals surface area contributed by atoms with E-state index in [1.54, 1.807) is 12.1 Å². The van der Waals surface area contributed by atoms with Gasteiger partial charge in [-0.2, -0.15) is 5.26 Å². The van der Waals surface area contributed by atoms with Crippen molar-refractivity contribution in [3.05, 3.63) is 70.9 Å². The molecule has 0 radical (unpaired) electrons. The van der Waals surface area contributed by atoms with Crippen molar-refractivity contribution < 1.29 is 4.79 Å². The topological polar surface area (TPSA) is 64.9 Å². The van der Waals surface area contributed by atoms with Crippen LogP contribution in [0.3, 0.4) is 0 Å². The number of nitrogens with zero attached hydrogens (tertiary/aromatic N) is 1. The first kappa shape index (κ1) is 16.3. The fourth-order valence-electron chi connectivity index (χ4n) is 2.03. The summed E-state index contributed by atoms with van der Waals surface area (Å²) in [5.74, 6) is -0.436. The molecule has 0 saturated heterocycles. The minimum absolute atomic E-state index is 0.0199. The zero-order valence-corrected chi connectivity index (χ0v) is 13.5. The van der Waals surface area contributed by atoms with E-state index in [4.69, 9.17) is 0 Å². The first-order valence-corrected chi connectivity index (χ1v) is 7.31. The molecular weight excluding hydrogens is 286 g/mol. The highest BCUT2D eigenvalue weighted by atomic mass is 16.1. The van der Waals surface area contributed by atoms with Crippen molar-refractivity contribution >= 4 is 17.3 Å². The van der Waals surface area contributed by atoms with E-state index in [1.165, 1.54) is 6.20 Å². The molecule has 0 unspecified atom stereocenters. The normalized spacial score (nSPS) is 10.8. The molecule has 0 fully saturated rings. The van der Waals surface area contributed by atoms with Crippen LogP contribution in [0.2, 0.25) is 0 Å². The van der Waals surface area contributed by atoms with Gasteiger partial charge in [0.2, 0.25) is 0 Å². The molecule has 23 heavy (non-hydrogen) atoms. The number of nitriles is 1. The first-order valence-electron chi connectivity index (χ1n) is 7.31. The van der Waals surface area contributed by atoms with Crippen molar-refractivity contribution in [1.82, 2.24) is 0 Å². The predicted molar refractivity (Wildman–Crippen MR) is 93.0 cm³/mol. The molecule has 0 spiro atoms. The van der Waals surface area contributed by atoms with Gasteiger partial charge in [-0.15, -0.1) is 0 Å². The van der Waals surface area contributed by atoms with Gasteiger partial charge in [0.05, 0.1) is 0 Å². The summed E-state index contributed by atoms with van der Waals surface area (Å²) in [6.07, 6.45) is 1.44. The highest BCUT2D eigenvalue weighted by molar-refractivity contribution is 6.06. The molecule has 0 aliphatic heterocycles. The van der Waals surface area contributed by atoms with Crippen LogP contribution in [0.4, 0.5) is 11.4 Å². The lowest BCUT2D eigenvalue weighted by Crippen LogP contribution is -2.14. The molecule has 1 amide bonds. The second-order valence-electron chi connectivity index (χ2n) is 5.45. The molecule has 2 aromatic rings. The molecule has 2 aromatic carbocycles. The number of benzene rings is 2. The molecule has 0 aliphatic rings. The Morgan fingerprint density at radius 2 is 1.70 bits per heavy atom. The van der Waals surface area contributed by atoms with Crippen LogP contribution in [0.15, 0.2) is 54.2 Å². The summed E-state index contributed by atoms with van der Waals surface area (Å²) in [4.78, 5) is 12.2. The van der Waals surface area contributed by atoms with E-state index in [0.29, 0.717) is 5.69 Å². The Bertz CT molecular complexity index is 783. The number of anilines is 2. The number of carbonyl (C=O) groups excluding carboxylic acids is 1.